The highest BCUT2D eigenvalue weighted by Crippen LogP contribution is 2.24. The first-order valence-electron chi connectivity index (χ1n) is 10.9. The van der Waals surface area contributed by atoms with Crippen LogP contribution in [-0.2, 0) is 11.3 Å². The van der Waals surface area contributed by atoms with Gasteiger partial charge in [0.05, 0.1) is 6.54 Å². The maximum atomic E-state index is 11.1. The van der Waals surface area contributed by atoms with Gasteiger partial charge in [0.15, 0.2) is 0 Å². The van der Waals surface area contributed by atoms with Crippen LogP contribution < -0.4 is 15.5 Å². The number of piperazine rings is 1. The van der Waals surface area contributed by atoms with Crippen LogP contribution in [0.15, 0.2) is 60.9 Å². The number of aromatic nitrogens is 2. The van der Waals surface area contributed by atoms with Crippen molar-refractivity contribution in [3.8, 4) is 11.1 Å². The lowest BCUT2D eigenvalue weighted by molar-refractivity contribution is -0.118. The highest BCUT2D eigenvalue weighted by molar-refractivity contribution is 5.75. The largest absolute Gasteiger partial charge is 0.369 e. The number of aryl methyl sites for hydroxylation is 1. The van der Waals surface area contributed by atoms with Gasteiger partial charge in [0.1, 0.15) is 11.6 Å². The first kappa shape index (κ1) is 21.8. The van der Waals surface area contributed by atoms with Gasteiger partial charge >= 0.3 is 0 Å². The molecular weight excluding hydrogens is 400 g/mol. The van der Waals surface area contributed by atoms with Crippen molar-refractivity contribution in [3.05, 3.63) is 72.1 Å². The summed E-state index contributed by atoms with van der Waals surface area (Å²) in [6, 6.07) is 16.6. The number of pyridine rings is 2. The van der Waals surface area contributed by atoms with Gasteiger partial charge in [-0.25, -0.2) is 9.97 Å². The number of rotatable bonds is 7. The second-order valence-corrected chi connectivity index (χ2v) is 8.36. The Balaban J connectivity index is 1.39. The Labute approximate surface area is 189 Å². The van der Waals surface area contributed by atoms with E-state index in [9.17, 15) is 4.79 Å². The number of primary amides is 1. The van der Waals surface area contributed by atoms with Gasteiger partial charge in [0, 0.05) is 50.7 Å². The lowest BCUT2D eigenvalue weighted by Crippen LogP contribution is -2.47. The number of nitrogens with two attached hydrogens (primary N) is 1. The first-order valence-corrected chi connectivity index (χ1v) is 10.9. The molecule has 7 nitrogen and oxygen atoms in total. The van der Waals surface area contributed by atoms with E-state index in [2.05, 4.69) is 58.1 Å². The summed E-state index contributed by atoms with van der Waals surface area (Å²) in [5.41, 5.74) is 9.83. The van der Waals surface area contributed by atoms with Crippen LogP contribution in [0.25, 0.3) is 11.1 Å². The molecule has 1 aliphatic heterocycles. The van der Waals surface area contributed by atoms with Crippen molar-refractivity contribution in [2.45, 2.75) is 13.5 Å². The lowest BCUT2D eigenvalue weighted by Gasteiger charge is -2.36. The number of amides is 1. The van der Waals surface area contributed by atoms with E-state index in [4.69, 9.17) is 10.7 Å². The van der Waals surface area contributed by atoms with Crippen molar-refractivity contribution >= 4 is 17.5 Å². The fourth-order valence-electron chi connectivity index (χ4n) is 4.18. The van der Waals surface area contributed by atoms with Crippen molar-refractivity contribution in [1.82, 2.24) is 14.9 Å². The Morgan fingerprint density at radius 2 is 1.78 bits per heavy atom. The summed E-state index contributed by atoms with van der Waals surface area (Å²) in [6.45, 7) is 6.73. The lowest BCUT2D eigenvalue weighted by atomic mass is 10.0. The fourth-order valence-corrected chi connectivity index (χ4v) is 4.18. The molecule has 166 valence electrons. The smallest absolute Gasteiger partial charge is 0.231 e. The molecule has 0 radical (unpaired) electrons. The van der Waals surface area contributed by atoms with E-state index in [0.717, 1.165) is 54.5 Å². The highest BCUT2D eigenvalue weighted by atomic mass is 16.1. The third-order valence-electron chi connectivity index (χ3n) is 5.77. The summed E-state index contributed by atoms with van der Waals surface area (Å²) >= 11 is 0. The second kappa shape index (κ2) is 9.78. The van der Waals surface area contributed by atoms with Gasteiger partial charge in [-0.1, -0.05) is 24.3 Å². The van der Waals surface area contributed by atoms with Crippen molar-refractivity contribution in [2.24, 2.45) is 5.73 Å². The molecular formula is C25H30N6O. The topological polar surface area (TPSA) is 78.6 Å². The Hall–Kier alpha value is -3.45. The number of hydrogen-bond acceptors (Lipinski definition) is 6. The number of nitrogens with zero attached hydrogens (tertiary/aromatic N) is 5. The summed E-state index contributed by atoms with van der Waals surface area (Å²) < 4.78 is 0. The highest BCUT2D eigenvalue weighted by Gasteiger charge is 2.20. The van der Waals surface area contributed by atoms with Crippen LogP contribution in [0, 0.1) is 6.92 Å². The van der Waals surface area contributed by atoms with Crippen molar-refractivity contribution < 1.29 is 4.79 Å². The monoisotopic (exact) mass is 430 g/mol. The Kier molecular flexibility index (Phi) is 6.66. The van der Waals surface area contributed by atoms with Crippen molar-refractivity contribution in [1.29, 1.82) is 0 Å². The fraction of sp³-hybridized carbons (Fsp3) is 0.320. The first-order chi connectivity index (χ1) is 15.5. The van der Waals surface area contributed by atoms with Crippen molar-refractivity contribution in [2.75, 3.05) is 49.6 Å². The van der Waals surface area contributed by atoms with Gasteiger partial charge in [-0.2, -0.15) is 0 Å². The van der Waals surface area contributed by atoms with Gasteiger partial charge < -0.3 is 15.5 Å². The summed E-state index contributed by atoms with van der Waals surface area (Å²) in [7, 11) is 1.89. The average molecular weight is 431 g/mol. The van der Waals surface area contributed by atoms with E-state index < -0.39 is 0 Å². The number of anilines is 2. The van der Waals surface area contributed by atoms with Gasteiger partial charge in [-0.3, -0.25) is 9.69 Å². The molecule has 0 spiro atoms. The maximum Gasteiger partial charge on any atom is 0.231 e. The number of likely N-dealkylation sites (N-methyl/N-ethyl adjacent to an activating group) is 1. The minimum absolute atomic E-state index is 0.244. The van der Waals surface area contributed by atoms with Gasteiger partial charge in [-0.15, -0.1) is 0 Å². The molecule has 0 aliphatic carbocycles. The Morgan fingerprint density at radius 3 is 2.47 bits per heavy atom. The van der Waals surface area contributed by atoms with E-state index in [0.29, 0.717) is 6.54 Å². The standard InChI is InChI=1S/C25H30N6O/c1-19-5-4-10-27-25(19)31-13-11-30(12-14-31)24-9-8-22(16-28-24)21-7-3-6-20(15-21)17-29(2)18-23(26)32/h3-10,15-16H,11-14,17-18H2,1-2H3,(H2,26,32). The van der Waals surface area contributed by atoms with E-state index >= 15 is 0 Å². The minimum Gasteiger partial charge on any atom is -0.369 e. The number of benzene rings is 1. The number of hydrogen-bond donors (Lipinski definition) is 1. The molecule has 2 aromatic heterocycles. The summed E-state index contributed by atoms with van der Waals surface area (Å²) in [5.74, 6) is 1.76. The average Bonchev–Trinajstić information content (AvgIpc) is 2.79. The Bertz CT molecular complexity index is 1060. The molecule has 1 fully saturated rings. The van der Waals surface area contributed by atoms with Crippen LogP contribution in [0.5, 0.6) is 0 Å². The van der Waals surface area contributed by atoms with Gasteiger partial charge in [0.25, 0.3) is 0 Å². The van der Waals surface area contributed by atoms with Crippen LogP contribution in [0.2, 0.25) is 0 Å². The molecule has 1 amide bonds. The predicted molar refractivity (Wildman–Crippen MR) is 129 cm³/mol. The number of carbonyl (C=O) groups is 1. The zero-order valence-corrected chi connectivity index (χ0v) is 18.7. The van der Waals surface area contributed by atoms with Crippen LogP contribution in [-0.4, -0.2) is 60.5 Å². The van der Waals surface area contributed by atoms with E-state index in [-0.39, 0.29) is 12.5 Å². The predicted octanol–water partition coefficient (Wildman–Crippen LogP) is 2.70. The third-order valence-corrected chi connectivity index (χ3v) is 5.77. The van der Waals surface area contributed by atoms with Crippen LogP contribution in [0.1, 0.15) is 11.1 Å². The van der Waals surface area contributed by atoms with Crippen LogP contribution >= 0.6 is 0 Å². The van der Waals surface area contributed by atoms with Crippen molar-refractivity contribution in [3.63, 3.8) is 0 Å². The van der Waals surface area contributed by atoms with Gasteiger partial charge in [-0.05, 0) is 54.9 Å². The molecule has 0 saturated carbocycles. The van der Waals surface area contributed by atoms with E-state index in [1.54, 1.807) is 0 Å². The van der Waals surface area contributed by atoms with Crippen LogP contribution in [0.4, 0.5) is 11.6 Å². The molecule has 0 atom stereocenters. The van der Waals surface area contributed by atoms with E-state index in [1.165, 1.54) is 5.56 Å². The molecule has 2 N–H and O–H groups in total. The number of carbonyl (C=O) groups excluding carboxylic acids is 1. The molecule has 7 heteroatoms. The molecule has 0 bridgehead atoms. The van der Waals surface area contributed by atoms with E-state index in [1.807, 2.05) is 36.5 Å². The Morgan fingerprint density at radius 1 is 1.00 bits per heavy atom. The molecule has 32 heavy (non-hydrogen) atoms. The summed E-state index contributed by atoms with van der Waals surface area (Å²) in [6.07, 6.45) is 3.80. The molecule has 3 aromatic rings. The second-order valence-electron chi connectivity index (χ2n) is 8.36. The zero-order chi connectivity index (χ0) is 22.5. The summed E-state index contributed by atoms with van der Waals surface area (Å²) in [5, 5.41) is 0. The SMILES string of the molecule is Cc1cccnc1N1CCN(c2ccc(-c3cccc(CN(C)CC(N)=O)c3)cn2)CC1. The molecule has 1 aliphatic rings. The normalized spacial score (nSPS) is 14.1. The molecule has 0 unspecified atom stereocenters. The van der Waals surface area contributed by atoms with Gasteiger partial charge in [0.2, 0.25) is 5.91 Å². The molecule has 3 heterocycles. The van der Waals surface area contributed by atoms with Crippen LogP contribution in [0.3, 0.4) is 0 Å². The minimum atomic E-state index is -0.320. The molecule has 1 aromatic carbocycles. The summed E-state index contributed by atoms with van der Waals surface area (Å²) in [4.78, 5) is 27.0. The maximum absolute atomic E-state index is 11.1. The molecule has 1 saturated heterocycles. The zero-order valence-electron chi connectivity index (χ0n) is 18.7. The quantitative estimate of drug-likeness (QED) is 0.621. The third kappa shape index (κ3) is 5.23. The molecule has 4 rings (SSSR count).